The molecular weight excluding hydrogens is 183 g/mol. The van der Waals surface area contributed by atoms with Crippen LogP contribution in [0, 0.1) is 0 Å². The maximum atomic E-state index is 3.13. The minimum absolute atomic E-state index is 1.18. The maximum absolute atomic E-state index is 3.13. The zero-order chi connectivity index (χ0) is 7.52. The number of H-pyrrole nitrogens is 2. The van der Waals surface area contributed by atoms with Crippen LogP contribution in [0.5, 0.6) is 0 Å². The Bertz CT molecular complexity index is 264. The van der Waals surface area contributed by atoms with Crippen molar-refractivity contribution in [3.8, 4) is 0 Å². The van der Waals surface area contributed by atoms with Crippen molar-refractivity contribution in [3.63, 3.8) is 0 Å². The van der Waals surface area contributed by atoms with Crippen LogP contribution in [0.15, 0.2) is 36.7 Å². The van der Waals surface area contributed by atoms with Crippen molar-refractivity contribution in [2.75, 3.05) is 0 Å². The summed E-state index contributed by atoms with van der Waals surface area (Å²) in [5.41, 5.74) is 0. The third kappa shape index (κ3) is 1.55. The third-order valence-corrected chi connectivity index (χ3v) is 2.40. The molecule has 0 fully saturated rings. The van der Waals surface area contributed by atoms with Crippen molar-refractivity contribution in [1.29, 1.82) is 0 Å². The molecule has 2 rings (SSSR count). The average Bonchev–Trinajstić information content (AvgIpc) is 2.60. The van der Waals surface area contributed by atoms with E-state index in [-0.39, 0.29) is 0 Å². The monoisotopic (exact) mass is 190 g/mol. The topological polar surface area (TPSA) is 31.6 Å². The van der Waals surface area contributed by atoms with Gasteiger partial charge >= 0.3 is 70.4 Å². The van der Waals surface area contributed by atoms with Gasteiger partial charge in [-0.2, -0.15) is 0 Å². The van der Waals surface area contributed by atoms with Crippen LogP contribution in [-0.2, 0) is 14.4 Å². The fourth-order valence-corrected chi connectivity index (χ4v) is 1.73. The van der Waals surface area contributed by atoms with Gasteiger partial charge in [0.05, 0.1) is 0 Å². The first-order chi connectivity index (χ1) is 5.45. The Hall–Kier alpha value is -0.946. The molecule has 0 radical (unpaired) electrons. The van der Waals surface area contributed by atoms with E-state index in [1.54, 1.807) is 0 Å². The van der Waals surface area contributed by atoms with Crippen LogP contribution in [-0.4, -0.2) is 9.97 Å². The summed E-state index contributed by atoms with van der Waals surface area (Å²) in [4.78, 5) is 6.26. The van der Waals surface area contributed by atoms with Crippen molar-refractivity contribution in [2.24, 2.45) is 0 Å². The Morgan fingerprint density at radius 3 is 1.82 bits per heavy atom. The molecule has 0 saturated carbocycles. The summed E-state index contributed by atoms with van der Waals surface area (Å²) >= 11 is 1.51. The summed E-state index contributed by atoms with van der Waals surface area (Å²) in [6.07, 6.45) is 3.85. The van der Waals surface area contributed by atoms with Gasteiger partial charge in [0.2, 0.25) is 0 Å². The predicted molar refractivity (Wildman–Crippen MR) is 40.9 cm³/mol. The zero-order valence-corrected chi connectivity index (χ0v) is 6.77. The van der Waals surface area contributed by atoms with E-state index < -0.39 is 0 Å². The van der Waals surface area contributed by atoms with Gasteiger partial charge < -0.3 is 0 Å². The van der Waals surface area contributed by atoms with Crippen molar-refractivity contribution >= 4 is 9.33 Å². The first kappa shape index (κ1) is 6.74. The van der Waals surface area contributed by atoms with Gasteiger partial charge in [-0.3, -0.25) is 0 Å². The molecule has 2 nitrogen and oxygen atoms in total. The van der Waals surface area contributed by atoms with Crippen LogP contribution in [0.2, 0.25) is 0 Å². The van der Waals surface area contributed by atoms with Crippen molar-refractivity contribution < 1.29 is 14.4 Å². The number of nitrogens with one attached hydrogen (secondary N) is 2. The molecule has 2 N–H and O–H groups in total. The quantitative estimate of drug-likeness (QED) is 0.642. The second kappa shape index (κ2) is 2.97. The fourth-order valence-electron chi connectivity index (χ4n) is 0.785. The van der Waals surface area contributed by atoms with Crippen LogP contribution in [0.1, 0.15) is 0 Å². The number of rotatable bonds is 2. The van der Waals surface area contributed by atoms with Crippen LogP contribution < -0.4 is 9.33 Å². The van der Waals surface area contributed by atoms with E-state index >= 15 is 0 Å². The first-order valence-electron chi connectivity index (χ1n) is 3.30. The zero-order valence-electron chi connectivity index (χ0n) is 5.78. The number of hydrogen-bond donors (Lipinski definition) is 2. The van der Waals surface area contributed by atoms with E-state index in [9.17, 15) is 0 Å². The second-order valence-corrected chi connectivity index (χ2v) is 3.36. The molecule has 0 aromatic carbocycles. The molecule has 0 saturated heterocycles. The molecule has 11 heavy (non-hydrogen) atoms. The first-order valence-corrected chi connectivity index (χ1v) is 4.29. The molecule has 2 aromatic rings. The molecule has 2 aromatic heterocycles. The Labute approximate surface area is 70.8 Å². The number of aromatic amines is 2. The molecule has 2 heterocycles. The molecule has 0 bridgehead atoms. The summed E-state index contributed by atoms with van der Waals surface area (Å²) in [5, 5.41) is 0. The number of aromatic nitrogens is 2. The Morgan fingerprint density at radius 2 is 1.45 bits per heavy atom. The molecule has 0 aliphatic rings. The van der Waals surface area contributed by atoms with Crippen molar-refractivity contribution in [1.82, 2.24) is 9.97 Å². The Morgan fingerprint density at radius 1 is 0.909 bits per heavy atom. The molecule has 60 valence electrons. The molecule has 0 aliphatic heterocycles. The van der Waals surface area contributed by atoms with Gasteiger partial charge in [-0.25, -0.2) is 0 Å². The molecule has 0 spiro atoms. The van der Waals surface area contributed by atoms with E-state index in [4.69, 9.17) is 0 Å². The molecule has 0 amide bonds. The van der Waals surface area contributed by atoms with Crippen LogP contribution in [0.25, 0.3) is 0 Å². The predicted octanol–water partition coefficient (Wildman–Crippen LogP) is 0.376. The van der Waals surface area contributed by atoms with Gasteiger partial charge in [0.1, 0.15) is 0 Å². The van der Waals surface area contributed by atoms with E-state index in [1.807, 2.05) is 24.5 Å². The summed E-state index contributed by atoms with van der Waals surface area (Å²) < 4.78 is 2.36. The van der Waals surface area contributed by atoms with E-state index in [0.29, 0.717) is 0 Å². The van der Waals surface area contributed by atoms with E-state index in [1.165, 1.54) is 23.8 Å². The summed E-state index contributed by atoms with van der Waals surface area (Å²) in [5.74, 6) is 0. The third-order valence-electron chi connectivity index (χ3n) is 1.25. The van der Waals surface area contributed by atoms with Crippen LogP contribution in [0.3, 0.4) is 0 Å². The fraction of sp³-hybridized carbons (Fsp3) is 0. The van der Waals surface area contributed by atoms with Gasteiger partial charge in [0.25, 0.3) is 0 Å². The van der Waals surface area contributed by atoms with Gasteiger partial charge in [-0.1, -0.05) is 0 Å². The summed E-state index contributed by atoms with van der Waals surface area (Å²) in [6, 6.07) is 8.11. The van der Waals surface area contributed by atoms with Gasteiger partial charge in [-0.15, -0.1) is 0 Å². The Kier molecular flexibility index (Phi) is 1.82. The van der Waals surface area contributed by atoms with Crippen LogP contribution in [0.4, 0.5) is 0 Å². The molecule has 0 aliphatic carbocycles. The molecule has 0 atom stereocenters. The van der Waals surface area contributed by atoms with Gasteiger partial charge in [0, 0.05) is 0 Å². The average molecular weight is 191 g/mol. The normalized spacial score (nSPS) is 10.5. The van der Waals surface area contributed by atoms with Gasteiger partial charge in [0.15, 0.2) is 0 Å². The second-order valence-electron chi connectivity index (χ2n) is 2.05. The number of hydrogen-bond acceptors (Lipinski definition) is 0. The van der Waals surface area contributed by atoms with Crippen molar-refractivity contribution in [2.45, 2.75) is 0 Å². The van der Waals surface area contributed by atoms with Crippen LogP contribution >= 0.6 is 0 Å². The van der Waals surface area contributed by atoms with E-state index in [2.05, 4.69) is 22.1 Å². The van der Waals surface area contributed by atoms with Crippen molar-refractivity contribution in [3.05, 3.63) is 36.7 Å². The Balaban J connectivity index is 2.14. The summed E-state index contributed by atoms with van der Waals surface area (Å²) in [7, 11) is 0. The van der Waals surface area contributed by atoms with Gasteiger partial charge in [-0.05, 0) is 0 Å². The SMILES string of the molecule is c1c[nH][c]([Ni][c]2ccc[nH]2)c1. The van der Waals surface area contributed by atoms with E-state index in [0.717, 1.165) is 0 Å². The molecule has 3 heteroatoms. The molecular formula is C8H8N2Ni. The summed E-state index contributed by atoms with van der Waals surface area (Å²) in [6.45, 7) is 0. The minimum atomic E-state index is 1.18. The molecule has 0 unspecified atom stereocenters. The standard InChI is InChI=1S/2C4H4N.Ni/c2*1-2-4-5-3-1;/h2*1-3,5H;.